The predicted molar refractivity (Wildman–Crippen MR) is 126 cm³/mol. The summed E-state index contributed by atoms with van der Waals surface area (Å²) < 4.78 is 5.20. The van der Waals surface area contributed by atoms with Crippen molar-refractivity contribution in [2.45, 2.75) is 57.3 Å². The van der Waals surface area contributed by atoms with Gasteiger partial charge >= 0.3 is 0 Å². The van der Waals surface area contributed by atoms with Gasteiger partial charge in [-0.3, -0.25) is 0 Å². The van der Waals surface area contributed by atoms with Gasteiger partial charge in [-0.05, 0) is 111 Å². The van der Waals surface area contributed by atoms with E-state index in [4.69, 9.17) is 4.74 Å². The minimum atomic E-state index is 0.736. The normalized spacial score (nSPS) is 25.5. The molecule has 2 aromatic carbocycles. The number of fused-ring (bicyclic) bond motifs is 1. The smallest absolute Gasteiger partial charge is 0.118 e. The standard InChI is InChI=1S/C29H34O/c1-3-4-5-24-10-15-28-21-27(17-16-26(28)20-24)25-13-8-22(9-14-25)6-7-23-11-18-29(30-2)19-12-23/h3,8-9,11-14,18-19,24,26-28H,1,4-5,10,15-17,20-21H2,2H3. The summed E-state index contributed by atoms with van der Waals surface area (Å²) in [4.78, 5) is 0. The van der Waals surface area contributed by atoms with Crippen LogP contribution >= 0.6 is 0 Å². The first-order valence-corrected chi connectivity index (χ1v) is 11.6. The molecule has 0 heterocycles. The molecule has 4 unspecified atom stereocenters. The second-order valence-electron chi connectivity index (χ2n) is 9.18. The molecule has 30 heavy (non-hydrogen) atoms. The van der Waals surface area contributed by atoms with E-state index in [1.807, 2.05) is 24.3 Å². The van der Waals surface area contributed by atoms with E-state index in [9.17, 15) is 0 Å². The Bertz CT molecular complexity index is 881. The van der Waals surface area contributed by atoms with Gasteiger partial charge in [0.2, 0.25) is 0 Å². The van der Waals surface area contributed by atoms with Gasteiger partial charge in [-0.1, -0.05) is 36.5 Å². The maximum absolute atomic E-state index is 5.20. The number of hydrogen-bond acceptors (Lipinski definition) is 1. The van der Waals surface area contributed by atoms with Gasteiger partial charge in [-0.15, -0.1) is 6.58 Å². The zero-order chi connectivity index (χ0) is 20.8. The average Bonchev–Trinajstić information content (AvgIpc) is 2.81. The van der Waals surface area contributed by atoms with Crippen molar-refractivity contribution < 1.29 is 4.74 Å². The van der Waals surface area contributed by atoms with Crippen molar-refractivity contribution >= 4 is 0 Å². The van der Waals surface area contributed by atoms with E-state index in [1.54, 1.807) is 7.11 Å². The lowest BCUT2D eigenvalue weighted by Crippen LogP contribution is -2.30. The van der Waals surface area contributed by atoms with E-state index in [2.05, 4.69) is 48.8 Å². The van der Waals surface area contributed by atoms with Crippen LogP contribution in [0, 0.1) is 29.6 Å². The molecule has 4 rings (SSSR count). The molecular weight excluding hydrogens is 364 g/mol. The van der Waals surface area contributed by atoms with Crippen LogP contribution in [0.1, 0.15) is 74.0 Å². The molecule has 0 bridgehead atoms. The summed E-state index contributed by atoms with van der Waals surface area (Å²) in [5.41, 5.74) is 3.62. The van der Waals surface area contributed by atoms with Crippen LogP contribution in [-0.2, 0) is 0 Å². The molecule has 0 saturated heterocycles. The number of methoxy groups -OCH3 is 1. The fourth-order valence-corrected chi connectivity index (χ4v) is 5.56. The highest BCUT2D eigenvalue weighted by atomic mass is 16.5. The van der Waals surface area contributed by atoms with Crippen molar-refractivity contribution in [3.8, 4) is 17.6 Å². The fraction of sp³-hybridized carbons (Fsp3) is 0.448. The first kappa shape index (κ1) is 20.8. The van der Waals surface area contributed by atoms with Crippen molar-refractivity contribution in [3.63, 3.8) is 0 Å². The van der Waals surface area contributed by atoms with Crippen molar-refractivity contribution in [3.05, 3.63) is 77.9 Å². The lowest BCUT2D eigenvalue weighted by molar-refractivity contribution is 0.115. The summed E-state index contributed by atoms with van der Waals surface area (Å²) in [5, 5.41) is 0. The minimum Gasteiger partial charge on any atom is -0.497 e. The molecule has 2 aliphatic rings. The number of ether oxygens (including phenoxy) is 1. The molecule has 0 amide bonds. The number of rotatable bonds is 5. The van der Waals surface area contributed by atoms with Gasteiger partial charge in [0.25, 0.3) is 0 Å². The Hall–Kier alpha value is -2.46. The molecule has 0 aromatic heterocycles. The van der Waals surface area contributed by atoms with Gasteiger partial charge in [0, 0.05) is 11.1 Å². The molecule has 2 aliphatic carbocycles. The molecule has 0 spiro atoms. The second-order valence-corrected chi connectivity index (χ2v) is 9.18. The molecule has 1 heteroatoms. The second kappa shape index (κ2) is 10.0. The van der Waals surface area contributed by atoms with E-state index in [0.717, 1.165) is 40.5 Å². The van der Waals surface area contributed by atoms with E-state index in [-0.39, 0.29) is 0 Å². The van der Waals surface area contributed by atoms with Gasteiger partial charge in [-0.2, -0.15) is 0 Å². The van der Waals surface area contributed by atoms with E-state index < -0.39 is 0 Å². The van der Waals surface area contributed by atoms with Crippen molar-refractivity contribution in [2.75, 3.05) is 7.11 Å². The molecule has 2 saturated carbocycles. The monoisotopic (exact) mass is 398 g/mol. The molecule has 156 valence electrons. The zero-order valence-corrected chi connectivity index (χ0v) is 18.3. The third kappa shape index (κ3) is 5.17. The van der Waals surface area contributed by atoms with Crippen LogP contribution in [0.25, 0.3) is 0 Å². The molecule has 4 atom stereocenters. The van der Waals surface area contributed by atoms with Gasteiger partial charge in [0.1, 0.15) is 5.75 Å². The highest BCUT2D eigenvalue weighted by molar-refractivity contribution is 5.45. The summed E-state index contributed by atoms with van der Waals surface area (Å²) in [6, 6.07) is 17.0. The Morgan fingerprint density at radius 2 is 1.50 bits per heavy atom. The molecule has 2 fully saturated rings. The lowest BCUT2D eigenvalue weighted by Gasteiger charge is -2.42. The number of hydrogen-bond donors (Lipinski definition) is 0. The Balaban J connectivity index is 1.34. The summed E-state index contributed by atoms with van der Waals surface area (Å²) >= 11 is 0. The molecular formula is C29H34O. The Morgan fingerprint density at radius 1 is 0.867 bits per heavy atom. The van der Waals surface area contributed by atoms with Crippen LogP contribution in [0.2, 0.25) is 0 Å². The zero-order valence-electron chi connectivity index (χ0n) is 18.3. The fourth-order valence-electron chi connectivity index (χ4n) is 5.56. The van der Waals surface area contributed by atoms with Crippen LogP contribution < -0.4 is 4.74 Å². The van der Waals surface area contributed by atoms with E-state index in [1.165, 1.54) is 56.9 Å². The third-order valence-electron chi connectivity index (χ3n) is 7.32. The van der Waals surface area contributed by atoms with Crippen molar-refractivity contribution in [2.24, 2.45) is 17.8 Å². The predicted octanol–water partition coefficient (Wildman–Crippen LogP) is 7.36. The lowest BCUT2D eigenvalue weighted by atomic mass is 9.63. The van der Waals surface area contributed by atoms with E-state index >= 15 is 0 Å². The largest absolute Gasteiger partial charge is 0.497 e. The Labute approximate surface area is 182 Å². The first-order chi connectivity index (χ1) is 14.7. The highest BCUT2D eigenvalue weighted by Crippen LogP contribution is 2.48. The van der Waals surface area contributed by atoms with Crippen LogP contribution in [0.5, 0.6) is 5.75 Å². The Kier molecular flexibility index (Phi) is 6.96. The maximum Gasteiger partial charge on any atom is 0.118 e. The van der Waals surface area contributed by atoms with Crippen molar-refractivity contribution in [1.82, 2.24) is 0 Å². The summed E-state index contributed by atoms with van der Waals surface area (Å²) in [5.74, 6) is 11.0. The molecule has 0 radical (unpaired) electrons. The molecule has 0 N–H and O–H groups in total. The minimum absolute atomic E-state index is 0.736. The molecule has 2 aromatic rings. The van der Waals surface area contributed by atoms with Gasteiger partial charge in [0.15, 0.2) is 0 Å². The quantitative estimate of drug-likeness (QED) is 0.377. The average molecular weight is 399 g/mol. The van der Waals surface area contributed by atoms with Crippen LogP contribution in [-0.4, -0.2) is 7.11 Å². The summed E-state index contributed by atoms with van der Waals surface area (Å²) in [7, 11) is 1.68. The number of allylic oxidation sites excluding steroid dienone is 1. The van der Waals surface area contributed by atoms with E-state index in [0.29, 0.717) is 0 Å². The van der Waals surface area contributed by atoms with Crippen molar-refractivity contribution in [1.29, 1.82) is 0 Å². The molecule has 0 aliphatic heterocycles. The van der Waals surface area contributed by atoms with Crippen LogP contribution in [0.3, 0.4) is 0 Å². The summed E-state index contributed by atoms with van der Waals surface area (Å²) in [6.07, 6.45) is 13.1. The Morgan fingerprint density at radius 3 is 2.17 bits per heavy atom. The van der Waals surface area contributed by atoms with Crippen LogP contribution in [0.15, 0.2) is 61.2 Å². The topological polar surface area (TPSA) is 9.23 Å². The van der Waals surface area contributed by atoms with Crippen LogP contribution in [0.4, 0.5) is 0 Å². The molecule has 1 nitrogen and oxygen atoms in total. The SMILES string of the molecule is C=CCCC1CCC2CC(c3ccc(C#Cc4ccc(OC)cc4)cc3)CCC2C1. The van der Waals surface area contributed by atoms with Gasteiger partial charge in [0.05, 0.1) is 7.11 Å². The first-order valence-electron chi connectivity index (χ1n) is 11.6. The maximum atomic E-state index is 5.20. The van der Waals surface area contributed by atoms with Gasteiger partial charge in [-0.25, -0.2) is 0 Å². The number of benzene rings is 2. The van der Waals surface area contributed by atoms with Gasteiger partial charge < -0.3 is 4.74 Å². The highest BCUT2D eigenvalue weighted by Gasteiger charge is 2.35. The third-order valence-corrected chi connectivity index (χ3v) is 7.32. The summed E-state index contributed by atoms with van der Waals surface area (Å²) in [6.45, 7) is 3.90.